The second-order valence-corrected chi connectivity index (χ2v) is 6.16. The predicted octanol–water partition coefficient (Wildman–Crippen LogP) is 1.56. The third kappa shape index (κ3) is 2.54. The molecule has 4 rings (SSSR count). The number of amides is 1. The molecule has 2 atom stereocenters. The molecule has 2 aliphatic rings. The maximum atomic E-state index is 12.5. The Morgan fingerprint density at radius 1 is 1.17 bits per heavy atom. The summed E-state index contributed by atoms with van der Waals surface area (Å²) < 4.78 is 0. The molecule has 4 heterocycles. The van der Waals surface area contributed by atoms with Gasteiger partial charge in [0.15, 0.2) is 0 Å². The predicted molar refractivity (Wildman–Crippen MR) is 85.7 cm³/mol. The van der Waals surface area contributed by atoms with E-state index >= 15 is 0 Å². The molecule has 0 aromatic carbocycles. The van der Waals surface area contributed by atoms with Crippen molar-refractivity contribution in [3.8, 4) is 0 Å². The van der Waals surface area contributed by atoms with Crippen molar-refractivity contribution in [1.29, 1.82) is 0 Å². The van der Waals surface area contributed by atoms with Crippen molar-refractivity contribution < 1.29 is 4.79 Å². The van der Waals surface area contributed by atoms with Gasteiger partial charge < -0.3 is 9.80 Å². The van der Waals surface area contributed by atoms with Gasteiger partial charge in [-0.1, -0.05) is 6.07 Å². The number of anilines is 1. The van der Waals surface area contributed by atoms with Gasteiger partial charge in [0.1, 0.15) is 0 Å². The Kier molecular flexibility index (Phi) is 3.44. The lowest BCUT2D eigenvalue weighted by molar-refractivity contribution is -0.129. The van der Waals surface area contributed by atoms with Crippen LogP contribution >= 0.6 is 0 Å². The highest BCUT2D eigenvalue weighted by Crippen LogP contribution is 2.34. The maximum absolute atomic E-state index is 12.5. The van der Waals surface area contributed by atoms with Crippen LogP contribution in [-0.4, -0.2) is 44.4 Å². The molecule has 0 N–H and O–H groups in total. The molecule has 2 saturated heterocycles. The molecular weight excluding hydrogens is 290 g/mol. The molecule has 0 unspecified atom stereocenters. The average molecular weight is 309 g/mol. The number of hydrogen-bond donors (Lipinski definition) is 0. The molecule has 118 valence electrons. The van der Waals surface area contributed by atoms with Crippen molar-refractivity contribution in [2.45, 2.75) is 38.4 Å². The van der Waals surface area contributed by atoms with Crippen molar-refractivity contribution in [3.05, 3.63) is 48.0 Å². The molecule has 0 spiro atoms. The van der Waals surface area contributed by atoms with E-state index in [1.807, 2.05) is 36.1 Å². The van der Waals surface area contributed by atoms with Gasteiger partial charge in [0.25, 0.3) is 0 Å². The number of carbonyl (C=O) groups is 1. The molecule has 0 radical (unpaired) electrons. The van der Waals surface area contributed by atoms with Gasteiger partial charge in [-0.05, 0) is 31.5 Å². The zero-order chi connectivity index (χ0) is 15.8. The summed E-state index contributed by atoms with van der Waals surface area (Å²) in [6.45, 7) is 3.46. The maximum Gasteiger partial charge on any atom is 0.225 e. The molecule has 2 aromatic rings. The van der Waals surface area contributed by atoms with E-state index in [4.69, 9.17) is 0 Å². The first kappa shape index (κ1) is 14.1. The van der Waals surface area contributed by atoms with Gasteiger partial charge in [-0.15, -0.1) is 0 Å². The molecule has 2 aromatic heterocycles. The Hall–Kier alpha value is -2.50. The van der Waals surface area contributed by atoms with Crippen molar-refractivity contribution in [2.24, 2.45) is 0 Å². The first-order chi connectivity index (χ1) is 11.2. The van der Waals surface area contributed by atoms with Gasteiger partial charge in [0.05, 0.1) is 24.3 Å². The van der Waals surface area contributed by atoms with Crippen LogP contribution in [0.2, 0.25) is 0 Å². The molecule has 2 aliphatic heterocycles. The van der Waals surface area contributed by atoms with E-state index < -0.39 is 0 Å². The summed E-state index contributed by atoms with van der Waals surface area (Å²) in [6, 6.07) is 8.17. The molecular formula is C17H19N5O. The Bertz CT molecular complexity index is 720. The Balaban J connectivity index is 1.55. The highest BCUT2D eigenvalue weighted by Gasteiger charge is 2.47. The van der Waals surface area contributed by atoms with Crippen LogP contribution in [0.25, 0.3) is 0 Å². The molecule has 23 heavy (non-hydrogen) atoms. The molecule has 0 bridgehead atoms. The molecule has 1 amide bonds. The summed E-state index contributed by atoms with van der Waals surface area (Å²) in [4.78, 5) is 29.8. The van der Waals surface area contributed by atoms with Crippen LogP contribution in [0.5, 0.6) is 0 Å². The Morgan fingerprint density at radius 3 is 2.78 bits per heavy atom. The van der Waals surface area contributed by atoms with Crippen LogP contribution in [0.4, 0.5) is 5.95 Å². The van der Waals surface area contributed by atoms with Crippen molar-refractivity contribution in [1.82, 2.24) is 19.9 Å². The monoisotopic (exact) mass is 309 g/mol. The smallest absolute Gasteiger partial charge is 0.225 e. The molecule has 6 heteroatoms. The fraction of sp³-hybridized carbons (Fsp3) is 0.412. The van der Waals surface area contributed by atoms with Gasteiger partial charge >= 0.3 is 0 Å². The van der Waals surface area contributed by atoms with Gasteiger partial charge in [-0.2, -0.15) is 0 Å². The zero-order valence-electron chi connectivity index (χ0n) is 13.1. The lowest BCUT2D eigenvalue weighted by Crippen LogP contribution is -2.37. The highest BCUT2D eigenvalue weighted by molar-refractivity contribution is 5.81. The van der Waals surface area contributed by atoms with Crippen LogP contribution in [0.1, 0.15) is 24.2 Å². The first-order valence-electron chi connectivity index (χ1n) is 7.98. The van der Waals surface area contributed by atoms with Crippen LogP contribution in [0.15, 0.2) is 36.7 Å². The largest absolute Gasteiger partial charge is 0.335 e. The summed E-state index contributed by atoms with van der Waals surface area (Å²) in [6.07, 6.45) is 5.00. The summed E-state index contributed by atoms with van der Waals surface area (Å²) in [5, 5.41) is 0. The van der Waals surface area contributed by atoms with E-state index in [2.05, 4.69) is 19.9 Å². The molecule has 0 saturated carbocycles. The van der Waals surface area contributed by atoms with E-state index in [1.54, 1.807) is 12.4 Å². The molecule has 6 nitrogen and oxygen atoms in total. The quantitative estimate of drug-likeness (QED) is 0.861. The van der Waals surface area contributed by atoms with Gasteiger partial charge in [-0.3, -0.25) is 9.78 Å². The number of pyridine rings is 1. The third-order valence-electron chi connectivity index (χ3n) is 4.70. The number of rotatable bonds is 3. The van der Waals surface area contributed by atoms with Crippen LogP contribution in [0, 0.1) is 6.92 Å². The molecule has 0 aliphatic carbocycles. The number of fused-ring (bicyclic) bond motifs is 1. The van der Waals surface area contributed by atoms with E-state index in [9.17, 15) is 4.79 Å². The van der Waals surface area contributed by atoms with Crippen LogP contribution in [-0.2, 0) is 11.3 Å². The van der Waals surface area contributed by atoms with Gasteiger partial charge in [-0.25, -0.2) is 9.97 Å². The van der Waals surface area contributed by atoms with Gasteiger partial charge in [0, 0.05) is 31.1 Å². The number of aryl methyl sites for hydroxylation is 1. The van der Waals surface area contributed by atoms with E-state index in [0.717, 1.165) is 30.3 Å². The van der Waals surface area contributed by atoms with Crippen molar-refractivity contribution in [3.63, 3.8) is 0 Å². The fourth-order valence-corrected chi connectivity index (χ4v) is 3.68. The summed E-state index contributed by atoms with van der Waals surface area (Å²) in [7, 11) is 0. The SMILES string of the molecule is Cc1cccc(CN2C(=O)C[C@H]3[C@@H]2CCN3c2ncccn2)n1. The second-order valence-electron chi connectivity index (χ2n) is 6.16. The Morgan fingerprint density at radius 2 is 2.00 bits per heavy atom. The average Bonchev–Trinajstić information content (AvgIpc) is 3.09. The highest BCUT2D eigenvalue weighted by atomic mass is 16.2. The van der Waals surface area contributed by atoms with E-state index in [1.165, 1.54) is 0 Å². The lowest BCUT2D eigenvalue weighted by Gasteiger charge is -2.25. The Labute approximate surface area is 135 Å². The van der Waals surface area contributed by atoms with Gasteiger partial charge in [0.2, 0.25) is 11.9 Å². The fourth-order valence-electron chi connectivity index (χ4n) is 3.68. The number of nitrogens with zero attached hydrogens (tertiary/aromatic N) is 5. The third-order valence-corrected chi connectivity index (χ3v) is 4.70. The van der Waals surface area contributed by atoms with E-state index in [0.29, 0.717) is 13.0 Å². The van der Waals surface area contributed by atoms with E-state index in [-0.39, 0.29) is 18.0 Å². The number of likely N-dealkylation sites (tertiary alicyclic amines) is 1. The number of aromatic nitrogens is 3. The normalized spacial score (nSPS) is 23.4. The van der Waals surface area contributed by atoms with Crippen molar-refractivity contribution in [2.75, 3.05) is 11.4 Å². The number of hydrogen-bond acceptors (Lipinski definition) is 5. The zero-order valence-corrected chi connectivity index (χ0v) is 13.1. The topological polar surface area (TPSA) is 62.2 Å². The minimum Gasteiger partial charge on any atom is -0.335 e. The van der Waals surface area contributed by atoms with Crippen molar-refractivity contribution >= 4 is 11.9 Å². The minimum atomic E-state index is 0.176. The summed E-state index contributed by atoms with van der Waals surface area (Å²) >= 11 is 0. The number of carbonyl (C=O) groups excluding carboxylic acids is 1. The minimum absolute atomic E-state index is 0.176. The van der Waals surface area contributed by atoms with Crippen LogP contribution < -0.4 is 4.90 Å². The summed E-state index contributed by atoms with van der Waals surface area (Å²) in [5.74, 6) is 0.923. The standard InChI is InChI=1S/C17H19N5O/c1-12-4-2-5-13(20-12)11-22-14-6-9-21(15(14)10-16(22)23)17-18-7-3-8-19-17/h2-5,7-8,14-15H,6,9-11H2,1H3/t14-,15-/m0/s1. The molecule has 2 fully saturated rings. The summed E-state index contributed by atoms with van der Waals surface area (Å²) in [5.41, 5.74) is 1.94. The second kappa shape index (κ2) is 5.61. The first-order valence-corrected chi connectivity index (χ1v) is 7.98. The lowest BCUT2D eigenvalue weighted by atomic mass is 10.1. The van der Waals surface area contributed by atoms with Crippen LogP contribution in [0.3, 0.4) is 0 Å².